The van der Waals surface area contributed by atoms with Crippen molar-refractivity contribution in [2.24, 2.45) is 0 Å². The molecule has 15 heteroatoms. The van der Waals surface area contributed by atoms with Gasteiger partial charge in [-0.1, -0.05) is 0 Å². The summed E-state index contributed by atoms with van der Waals surface area (Å²) >= 11 is 0. The minimum Gasteiger partial charge on any atom is -0.352 e. The molecule has 6 rings (SSSR count). The van der Waals surface area contributed by atoms with Crippen LogP contribution in [0.1, 0.15) is 50.6 Å². The first-order valence-corrected chi connectivity index (χ1v) is 13.5. The van der Waals surface area contributed by atoms with Gasteiger partial charge in [-0.15, -0.1) is 0 Å². The highest BCUT2D eigenvalue weighted by molar-refractivity contribution is 5.96. The van der Waals surface area contributed by atoms with E-state index >= 15 is 0 Å². The van der Waals surface area contributed by atoms with Gasteiger partial charge in [0, 0.05) is 62.5 Å². The Morgan fingerprint density at radius 2 is 1.93 bits per heavy atom. The zero-order valence-electron chi connectivity index (χ0n) is 22.0. The Hall–Kier alpha value is -4.43. The Morgan fingerprint density at radius 3 is 2.70 bits per heavy atom. The largest absolute Gasteiger partial charge is 0.352 e. The summed E-state index contributed by atoms with van der Waals surface area (Å²) in [5.74, 6) is 1.57. The summed E-state index contributed by atoms with van der Waals surface area (Å²) in [4.78, 5) is 50.4. The predicted molar refractivity (Wildman–Crippen MR) is 144 cm³/mol. The molecule has 1 saturated carbocycles. The molecule has 2 saturated heterocycles. The highest BCUT2D eigenvalue weighted by Gasteiger charge is 2.39. The second kappa shape index (κ2) is 11.0. The first-order valence-electron chi connectivity index (χ1n) is 13.5. The molecule has 3 aromatic rings. The fourth-order valence-electron chi connectivity index (χ4n) is 5.19. The third-order valence-corrected chi connectivity index (χ3v) is 7.20. The number of carbonyl (C=O) groups is 2. The summed E-state index contributed by atoms with van der Waals surface area (Å²) in [5.41, 5.74) is 1.05. The molecule has 0 spiro atoms. The van der Waals surface area contributed by atoms with E-state index in [9.17, 15) is 14.0 Å². The van der Waals surface area contributed by atoms with Crippen LogP contribution in [-0.4, -0.2) is 84.8 Å². The molecular weight excluding hydrogens is 519 g/mol. The van der Waals surface area contributed by atoms with Crippen molar-refractivity contribution in [2.75, 3.05) is 40.1 Å². The second-order valence-corrected chi connectivity index (χ2v) is 10.4. The molecule has 2 amide bonds. The zero-order chi connectivity index (χ0) is 27.6. The zero-order valence-corrected chi connectivity index (χ0v) is 22.0. The van der Waals surface area contributed by atoms with Gasteiger partial charge in [0.2, 0.25) is 29.7 Å². The maximum absolute atomic E-state index is 14.8. The quantitative estimate of drug-likeness (QED) is 0.322. The number of H-pyrrole nitrogens is 1. The average Bonchev–Trinajstić information content (AvgIpc) is 3.56. The van der Waals surface area contributed by atoms with E-state index in [-0.39, 0.29) is 42.6 Å². The lowest BCUT2D eigenvalue weighted by atomic mass is 10.1. The van der Waals surface area contributed by atoms with Gasteiger partial charge in [-0.05, 0) is 25.7 Å². The number of piperidine rings is 1. The normalized spacial score (nSPS) is 22.7. The van der Waals surface area contributed by atoms with Crippen LogP contribution in [0.3, 0.4) is 0 Å². The number of hydrogen-bond donors (Lipinski definition) is 4. The van der Waals surface area contributed by atoms with E-state index in [2.05, 4.69) is 51.1 Å². The molecule has 40 heavy (non-hydrogen) atoms. The van der Waals surface area contributed by atoms with Gasteiger partial charge in [-0.3, -0.25) is 19.7 Å². The van der Waals surface area contributed by atoms with Crippen LogP contribution >= 0.6 is 0 Å². The SMILES string of the molecule is CC(=O)NC1CCCN(c2nc(Nc3cc(C4CC4)[nH]n3)nc(N3C[C@H](F)C[C@H]3C(=O)Nc3cnccn3)n2)C1. The lowest BCUT2D eigenvalue weighted by Gasteiger charge is -2.33. The summed E-state index contributed by atoms with van der Waals surface area (Å²) in [6.07, 6.45) is 7.05. The van der Waals surface area contributed by atoms with Crippen molar-refractivity contribution in [1.29, 1.82) is 0 Å². The lowest BCUT2D eigenvalue weighted by Crippen LogP contribution is -2.48. The molecule has 1 unspecified atom stereocenters. The summed E-state index contributed by atoms with van der Waals surface area (Å²) in [6.45, 7) is 2.63. The van der Waals surface area contributed by atoms with Gasteiger partial charge in [0.15, 0.2) is 11.6 Å². The van der Waals surface area contributed by atoms with Crippen molar-refractivity contribution in [3.63, 3.8) is 0 Å². The number of nitrogens with one attached hydrogen (secondary N) is 4. The van der Waals surface area contributed by atoms with Gasteiger partial charge >= 0.3 is 0 Å². The number of halogens is 1. The lowest BCUT2D eigenvalue weighted by molar-refractivity contribution is -0.120. The Bertz CT molecular complexity index is 1370. The number of hydrogen-bond acceptors (Lipinski definition) is 11. The number of rotatable bonds is 8. The number of carbonyl (C=O) groups excluding carboxylic acids is 2. The average molecular weight is 551 g/mol. The summed E-state index contributed by atoms with van der Waals surface area (Å²) in [6, 6.07) is 1.02. The van der Waals surface area contributed by atoms with Crippen LogP contribution < -0.4 is 25.8 Å². The van der Waals surface area contributed by atoms with Crippen LogP contribution in [0, 0.1) is 0 Å². The van der Waals surface area contributed by atoms with E-state index in [4.69, 9.17) is 0 Å². The summed E-state index contributed by atoms with van der Waals surface area (Å²) in [5, 5.41) is 16.2. The van der Waals surface area contributed by atoms with Crippen LogP contribution in [0.15, 0.2) is 24.7 Å². The van der Waals surface area contributed by atoms with E-state index < -0.39 is 18.1 Å². The molecule has 2 aliphatic heterocycles. The van der Waals surface area contributed by atoms with Crippen molar-refractivity contribution in [3.05, 3.63) is 30.4 Å². The van der Waals surface area contributed by atoms with Crippen molar-refractivity contribution in [2.45, 2.75) is 63.2 Å². The van der Waals surface area contributed by atoms with Crippen LogP contribution in [0.25, 0.3) is 0 Å². The molecular formula is C25H31FN12O2. The number of amides is 2. The van der Waals surface area contributed by atoms with E-state index in [0.717, 1.165) is 31.4 Å². The van der Waals surface area contributed by atoms with Crippen molar-refractivity contribution < 1.29 is 14.0 Å². The van der Waals surface area contributed by atoms with E-state index in [1.165, 1.54) is 25.5 Å². The molecule has 210 valence electrons. The number of aromatic nitrogens is 7. The predicted octanol–water partition coefficient (Wildman–Crippen LogP) is 1.67. The third-order valence-electron chi connectivity index (χ3n) is 7.20. The molecule has 3 aromatic heterocycles. The molecule has 0 radical (unpaired) electrons. The smallest absolute Gasteiger partial charge is 0.248 e. The van der Waals surface area contributed by atoms with Crippen LogP contribution in [-0.2, 0) is 9.59 Å². The van der Waals surface area contributed by atoms with Gasteiger partial charge in [-0.25, -0.2) is 9.37 Å². The number of nitrogens with zero attached hydrogens (tertiary/aromatic N) is 8. The Morgan fingerprint density at radius 1 is 1.07 bits per heavy atom. The third kappa shape index (κ3) is 5.92. The van der Waals surface area contributed by atoms with Crippen molar-refractivity contribution in [3.8, 4) is 0 Å². The maximum Gasteiger partial charge on any atom is 0.248 e. The molecule has 14 nitrogen and oxygen atoms in total. The molecule has 4 N–H and O–H groups in total. The minimum absolute atomic E-state index is 0.0195. The fourth-order valence-corrected chi connectivity index (χ4v) is 5.19. The first-order chi connectivity index (χ1) is 19.4. The summed E-state index contributed by atoms with van der Waals surface area (Å²) in [7, 11) is 0. The highest BCUT2D eigenvalue weighted by Crippen LogP contribution is 2.39. The van der Waals surface area contributed by atoms with Gasteiger partial charge in [0.1, 0.15) is 12.2 Å². The molecule has 1 aliphatic carbocycles. The Labute approximate surface area is 229 Å². The maximum atomic E-state index is 14.8. The van der Waals surface area contributed by atoms with Crippen molar-refractivity contribution >= 4 is 41.3 Å². The standard InChI is InChI=1S/C25H31FN12O2/c1-14(39)29-17-3-2-8-37(13-17)24-32-23(31-20-10-18(35-36-20)15-4-5-15)33-25(34-24)38-12-16(26)9-19(38)22(40)30-21-11-27-6-7-28-21/h6-7,10-11,15-17,19H,2-5,8-9,12-13H2,1H3,(H,29,39)(H,28,30,40)(H2,31,32,33,34,35,36)/t16-,17?,19+/m1/s1. The monoisotopic (exact) mass is 550 g/mol. The molecule has 0 bridgehead atoms. The first kappa shape index (κ1) is 25.8. The number of anilines is 5. The van der Waals surface area contributed by atoms with Gasteiger partial charge in [-0.2, -0.15) is 20.1 Å². The van der Waals surface area contributed by atoms with E-state index in [1.807, 2.05) is 11.0 Å². The molecule has 5 heterocycles. The van der Waals surface area contributed by atoms with Crippen molar-refractivity contribution in [1.82, 2.24) is 40.4 Å². The Balaban J connectivity index is 1.30. The topological polar surface area (TPSA) is 170 Å². The van der Waals surface area contributed by atoms with Gasteiger partial charge < -0.3 is 25.8 Å². The molecule has 3 aliphatic rings. The second-order valence-electron chi connectivity index (χ2n) is 10.4. The highest BCUT2D eigenvalue weighted by atomic mass is 19.1. The van der Waals surface area contributed by atoms with Gasteiger partial charge in [0.05, 0.1) is 12.7 Å². The molecule has 3 fully saturated rings. The minimum atomic E-state index is -1.25. The summed E-state index contributed by atoms with van der Waals surface area (Å²) < 4.78 is 14.8. The van der Waals surface area contributed by atoms with Crippen LogP contribution in [0.4, 0.5) is 33.9 Å². The van der Waals surface area contributed by atoms with Crippen LogP contribution in [0.5, 0.6) is 0 Å². The number of aromatic amines is 1. The van der Waals surface area contributed by atoms with Crippen LogP contribution in [0.2, 0.25) is 0 Å². The van der Waals surface area contributed by atoms with Gasteiger partial charge in [0.25, 0.3) is 0 Å². The fraction of sp³-hybridized carbons (Fsp3) is 0.520. The molecule has 3 atom stereocenters. The van der Waals surface area contributed by atoms with E-state index in [0.29, 0.717) is 30.8 Å². The van der Waals surface area contributed by atoms with E-state index in [1.54, 1.807) is 4.90 Å². The number of alkyl halides is 1. The Kier molecular flexibility index (Phi) is 7.09. The molecule has 0 aromatic carbocycles.